The molecule has 23 heavy (non-hydrogen) atoms. The molecular weight excluding hydrogens is 282 g/mol. The molecule has 2 nitrogen and oxygen atoms in total. The average Bonchev–Trinajstić information content (AvgIpc) is 2.90. The van der Waals surface area contributed by atoms with Crippen LogP contribution in [-0.2, 0) is 4.79 Å². The van der Waals surface area contributed by atoms with Crippen molar-refractivity contribution in [3.8, 4) is 0 Å². The van der Waals surface area contributed by atoms with E-state index in [1.165, 1.54) is 11.1 Å². The van der Waals surface area contributed by atoms with E-state index in [-0.39, 0.29) is 11.8 Å². The summed E-state index contributed by atoms with van der Waals surface area (Å²) in [4.78, 5) is 14.8. The minimum atomic E-state index is 0.126. The number of nitrogens with zero attached hydrogens (tertiary/aromatic N) is 1. The van der Waals surface area contributed by atoms with E-state index in [0.717, 1.165) is 25.9 Å². The molecule has 0 saturated carbocycles. The van der Waals surface area contributed by atoms with Crippen LogP contribution < -0.4 is 0 Å². The predicted molar refractivity (Wildman–Crippen MR) is 94.3 cm³/mol. The van der Waals surface area contributed by atoms with Gasteiger partial charge < -0.3 is 4.90 Å². The number of carbonyl (C=O) groups excluding carboxylic acids is 1. The van der Waals surface area contributed by atoms with E-state index in [1.807, 2.05) is 41.3 Å². The first-order valence-corrected chi connectivity index (χ1v) is 8.37. The molecule has 2 aromatic rings. The van der Waals surface area contributed by atoms with Crippen molar-refractivity contribution in [1.82, 2.24) is 4.90 Å². The third-order valence-electron chi connectivity index (χ3n) is 4.43. The van der Waals surface area contributed by atoms with E-state index < -0.39 is 0 Å². The number of hydrogen-bond donors (Lipinski definition) is 0. The predicted octanol–water partition coefficient (Wildman–Crippen LogP) is 4.39. The second-order valence-electron chi connectivity index (χ2n) is 6.01. The van der Waals surface area contributed by atoms with Crippen molar-refractivity contribution in [3.63, 3.8) is 0 Å². The Morgan fingerprint density at radius 3 is 1.78 bits per heavy atom. The van der Waals surface area contributed by atoms with Crippen LogP contribution in [0.15, 0.2) is 72.8 Å². The Balaban J connectivity index is 1.80. The van der Waals surface area contributed by atoms with Crippen molar-refractivity contribution in [2.45, 2.75) is 25.2 Å². The van der Waals surface area contributed by atoms with E-state index in [4.69, 9.17) is 0 Å². The van der Waals surface area contributed by atoms with Crippen LogP contribution in [0, 0.1) is 0 Å². The highest BCUT2D eigenvalue weighted by Crippen LogP contribution is 2.28. The van der Waals surface area contributed by atoms with Crippen molar-refractivity contribution in [3.05, 3.63) is 83.9 Å². The standard InChI is InChI=1S/C21H23NO/c23-21(22-15-9-1-2-10-16-22)17-20(18-11-5-3-6-12-18)19-13-7-4-8-14-19/h1-8,11-14,20H,9-10,15-17H2. The molecule has 1 heterocycles. The molecule has 0 N–H and O–H groups in total. The van der Waals surface area contributed by atoms with Crippen LogP contribution in [-0.4, -0.2) is 23.9 Å². The lowest BCUT2D eigenvalue weighted by Crippen LogP contribution is -2.33. The number of rotatable bonds is 4. The first-order chi connectivity index (χ1) is 11.3. The lowest BCUT2D eigenvalue weighted by atomic mass is 9.88. The van der Waals surface area contributed by atoms with Gasteiger partial charge in [-0.3, -0.25) is 4.79 Å². The van der Waals surface area contributed by atoms with Gasteiger partial charge in [-0.1, -0.05) is 72.8 Å². The summed E-state index contributed by atoms with van der Waals surface area (Å²) in [6, 6.07) is 20.7. The second kappa shape index (κ2) is 7.77. The Bertz CT molecular complexity index is 599. The summed E-state index contributed by atoms with van der Waals surface area (Å²) in [5.74, 6) is 0.382. The highest BCUT2D eigenvalue weighted by molar-refractivity contribution is 5.78. The van der Waals surface area contributed by atoms with Crippen LogP contribution in [0.25, 0.3) is 0 Å². The van der Waals surface area contributed by atoms with Gasteiger partial charge in [0, 0.05) is 25.4 Å². The Morgan fingerprint density at radius 1 is 0.826 bits per heavy atom. The Labute approximate surface area is 138 Å². The Hall–Kier alpha value is -2.35. The van der Waals surface area contributed by atoms with Gasteiger partial charge in [-0.2, -0.15) is 0 Å². The molecule has 1 amide bonds. The maximum absolute atomic E-state index is 12.8. The summed E-state index contributed by atoms with van der Waals surface area (Å²) in [5, 5.41) is 0. The molecule has 0 fully saturated rings. The van der Waals surface area contributed by atoms with Crippen LogP contribution >= 0.6 is 0 Å². The van der Waals surface area contributed by atoms with Crippen molar-refractivity contribution in [2.75, 3.05) is 13.1 Å². The summed E-state index contributed by atoms with van der Waals surface area (Å²) in [5.41, 5.74) is 2.42. The van der Waals surface area contributed by atoms with Crippen molar-refractivity contribution in [1.29, 1.82) is 0 Å². The summed E-state index contributed by atoms with van der Waals surface area (Å²) in [6.07, 6.45) is 6.83. The number of carbonyl (C=O) groups is 1. The average molecular weight is 305 g/mol. The van der Waals surface area contributed by atoms with Gasteiger partial charge in [0.25, 0.3) is 0 Å². The zero-order chi connectivity index (χ0) is 15.9. The fraction of sp³-hybridized carbons (Fsp3) is 0.286. The number of amides is 1. The zero-order valence-corrected chi connectivity index (χ0v) is 13.4. The fourth-order valence-corrected chi connectivity index (χ4v) is 3.16. The summed E-state index contributed by atoms with van der Waals surface area (Å²) < 4.78 is 0. The highest BCUT2D eigenvalue weighted by atomic mass is 16.2. The molecule has 2 aromatic carbocycles. The van der Waals surface area contributed by atoms with Crippen LogP contribution in [0.4, 0.5) is 0 Å². The first-order valence-electron chi connectivity index (χ1n) is 8.37. The molecular formula is C21H23NO. The molecule has 118 valence electrons. The Morgan fingerprint density at radius 2 is 1.30 bits per heavy atom. The quantitative estimate of drug-likeness (QED) is 0.767. The minimum absolute atomic E-state index is 0.126. The fourth-order valence-electron chi connectivity index (χ4n) is 3.16. The van der Waals surface area contributed by atoms with E-state index in [9.17, 15) is 4.79 Å². The van der Waals surface area contributed by atoms with Gasteiger partial charge in [-0.25, -0.2) is 0 Å². The molecule has 0 atom stereocenters. The van der Waals surface area contributed by atoms with Gasteiger partial charge >= 0.3 is 0 Å². The van der Waals surface area contributed by atoms with Crippen LogP contribution in [0.2, 0.25) is 0 Å². The van der Waals surface area contributed by atoms with E-state index >= 15 is 0 Å². The van der Waals surface area contributed by atoms with Gasteiger partial charge in [-0.15, -0.1) is 0 Å². The normalized spacial score (nSPS) is 14.7. The van der Waals surface area contributed by atoms with Crippen LogP contribution in [0.5, 0.6) is 0 Å². The molecule has 0 spiro atoms. The second-order valence-corrected chi connectivity index (χ2v) is 6.01. The summed E-state index contributed by atoms with van der Waals surface area (Å²) in [6.45, 7) is 1.68. The number of hydrogen-bond acceptors (Lipinski definition) is 1. The molecule has 0 bridgehead atoms. The summed E-state index contributed by atoms with van der Waals surface area (Å²) >= 11 is 0. The first kappa shape index (κ1) is 15.5. The van der Waals surface area contributed by atoms with E-state index in [0.29, 0.717) is 6.42 Å². The molecule has 0 unspecified atom stereocenters. The molecule has 0 aromatic heterocycles. The highest BCUT2D eigenvalue weighted by Gasteiger charge is 2.21. The third kappa shape index (κ3) is 4.10. The molecule has 0 saturated heterocycles. The topological polar surface area (TPSA) is 20.3 Å². The van der Waals surface area contributed by atoms with Gasteiger partial charge in [0.2, 0.25) is 5.91 Å². The smallest absolute Gasteiger partial charge is 0.223 e. The van der Waals surface area contributed by atoms with Gasteiger partial charge in [-0.05, 0) is 24.0 Å². The van der Waals surface area contributed by atoms with Gasteiger partial charge in [0.15, 0.2) is 0 Å². The lowest BCUT2D eigenvalue weighted by Gasteiger charge is -2.24. The maximum atomic E-state index is 12.8. The lowest BCUT2D eigenvalue weighted by molar-refractivity contribution is -0.131. The van der Waals surface area contributed by atoms with Crippen molar-refractivity contribution < 1.29 is 4.79 Å². The van der Waals surface area contributed by atoms with Gasteiger partial charge in [0.05, 0.1) is 0 Å². The monoisotopic (exact) mass is 305 g/mol. The molecule has 0 radical (unpaired) electrons. The van der Waals surface area contributed by atoms with Gasteiger partial charge in [0.1, 0.15) is 0 Å². The number of benzene rings is 2. The molecule has 1 aliphatic rings. The van der Waals surface area contributed by atoms with E-state index in [1.54, 1.807) is 0 Å². The molecule has 3 rings (SSSR count). The third-order valence-corrected chi connectivity index (χ3v) is 4.43. The minimum Gasteiger partial charge on any atom is -0.342 e. The molecule has 0 aliphatic carbocycles. The molecule has 2 heteroatoms. The van der Waals surface area contributed by atoms with Crippen LogP contribution in [0.3, 0.4) is 0 Å². The Kier molecular flexibility index (Phi) is 5.25. The SMILES string of the molecule is O=C(CC(c1ccccc1)c1ccccc1)N1CCC=CCC1. The largest absolute Gasteiger partial charge is 0.342 e. The van der Waals surface area contributed by atoms with E-state index in [2.05, 4.69) is 36.4 Å². The van der Waals surface area contributed by atoms with Crippen molar-refractivity contribution >= 4 is 5.91 Å². The zero-order valence-electron chi connectivity index (χ0n) is 13.4. The maximum Gasteiger partial charge on any atom is 0.223 e. The van der Waals surface area contributed by atoms with Crippen molar-refractivity contribution in [2.24, 2.45) is 0 Å². The van der Waals surface area contributed by atoms with Crippen LogP contribution in [0.1, 0.15) is 36.3 Å². The molecule has 1 aliphatic heterocycles. The summed E-state index contributed by atoms with van der Waals surface area (Å²) in [7, 11) is 0.